The van der Waals surface area contributed by atoms with Gasteiger partial charge < -0.3 is 21.7 Å². The predicted octanol–water partition coefficient (Wildman–Crippen LogP) is 2.40. The number of nitrogen functional groups attached to an aromatic ring is 1. The first kappa shape index (κ1) is 24.1. The van der Waals surface area contributed by atoms with Crippen molar-refractivity contribution < 1.29 is 4.79 Å². The molecule has 1 saturated heterocycles. The minimum Gasteiger partial charge on any atom is -0.397 e. The Labute approximate surface area is 205 Å². The average Bonchev–Trinajstić information content (AvgIpc) is 2.87. The molecule has 0 unspecified atom stereocenters. The molecule has 2 aromatic heterocycles. The number of urea groups is 1. The van der Waals surface area contributed by atoms with E-state index in [1.54, 1.807) is 18.5 Å². The molecule has 182 valence electrons. The topological polar surface area (TPSA) is 133 Å². The van der Waals surface area contributed by atoms with Crippen molar-refractivity contribution in [3.8, 4) is 22.5 Å². The molecule has 0 bridgehead atoms. The number of pyridine rings is 1. The van der Waals surface area contributed by atoms with E-state index >= 15 is 0 Å². The van der Waals surface area contributed by atoms with E-state index in [1.165, 1.54) is 0 Å². The molecule has 6 N–H and O–H groups in total. The van der Waals surface area contributed by atoms with Gasteiger partial charge in [-0.3, -0.25) is 15.2 Å². The van der Waals surface area contributed by atoms with E-state index in [2.05, 4.69) is 59.8 Å². The molecule has 0 spiro atoms. The number of piperazine rings is 1. The molecule has 1 aliphatic heterocycles. The summed E-state index contributed by atoms with van der Waals surface area (Å²) in [7, 11) is 0. The Balaban J connectivity index is 1.61. The number of benzene rings is 1. The van der Waals surface area contributed by atoms with Crippen LogP contribution in [0.3, 0.4) is 0 Å². The van der Waals surface area contributed by atoms with Gasteiger partial charge in [0.1, 0.15) is 5.82 Å². The van der Waals surface area contributed by atoms with E-state index in [0.717, 1.165) is 49.5 Å². The van der Waals surface area contributed by atoms with Crippen LogP contribution >= 0.6 is 0 Å². The molecule has 0 atom stereocenters. The number of carbonyl (C=O) groups excluding carboxylic acids is 1. The van der Waals surface area contributed by atoms with E-state index in [1.807, 2.05) is 25.3 Å². The van der Waals surface area contributed by atoms with Crippen LogP contribution in [0.4, 0.5) is 16.2 Å². The van der Waals surface area contributed by atoms with Gasteiger partial charge in [0.05, 0.1) is 17.1 Å². The van der Waals surface area contributed by atoms with Crippen LogP contribution in [0.25, 0.3) is 22.5 Å². The van der Waals surface area contributed by atoms with E-state index in [-0.39, 0.29) is 11.9 Å². The molecule has 3 aromatic rings. The maximum Gasteiger partial charge on any atom is 0.320 e. The number of hydrogen-bond acceptors (Lipinski definition) is 8. The lowest BCUT2D eigenvalue weighted by Crippen LogP contribution is -2.43. The molecule has 1 aromatic carbocycles. The maximum absolute atomic E-state index is 11.9. The Hall–Kier alpha value is -4.02. The molecule has 1 aliphatic rings. The third kappa shape index (κ3) is 6.31. The van der Waals surface area contributed by atoms with Crippen LogP contribution in [0.1, 0.15) is 12.6 Å². The van der Waals surface area contributed by atoms with Crippen molar-refractivity contribution in [1.82, 2.24) is 35.8 Å². The highest BCUT2D eigenvalue weighted by atomic mass is 16.2. The van der Waals surface area contributed by atoms with Crippen molar-refractivity contribution in [3.63, 3.8) is 0 Å². The van der Waals surface area contributed by atoms with Crippen molar-refractivity contribution in [2.45, 2.75) is 13.5 Å². The molecule has 35 heavy (non-hydrogen) atoms. The number of anilines is 2. The van der Waals surface area contributed by atoms with Gasteiger partial charge in [0.2, 0.25) is 0 Å². The maximum atomic E-state index is 11.9. The van der Waals surface area contributed by atoms with Gasteiger partial charge in [0.25, 0.3) is 0 Å². The Kier molecular flexibility index (Phi) is 7.86. The van der Waals surface area contributed by atoms with Gasteiger partial charge in [0, 0.05) is 69.0 Å². The summed E-state index contributed by atoms with van der Waals surface area (Å²) in [6.45, 7) is 11.1. The number of nitrogens with zero attached hydrogens (tertiary/aromatic N) is 4. The van der Waals surface area contributed by atoms with Crippen molar-refractivity contribution in [2.75, 3.05) is 43.8 Å². The SMILES string of the molecule is C=C(NC(=O)NCC)Nc1c(N)cc(-c2ccc(CN3CCNCC3)nc2)cc1-c1ncccn1. The molecular weight excluding hydrogens is 442 g/mol. The molecule has 10 heteroatoms. The van der Waals surface area contributed by atoms with Gasteiger partial charge in [-0.2, -0.15) is 0 Å². The fourth-order valence-electron chi connectivity index (χ4n) is 3.90. The number of nitrogens with one attached hydrogen (secondary N) is 4. The molecule has 1 fully saturated rings. The fraction of sp³-hybridized carbons (Fsp3) is 0.280. The lowest BCUT2D eigenvalue weighted by molar-refractivity contribution is 0.231. The lowest BCUT2D eigenvalue weighted by Gasteiger charge is -2.26. The summed E-state index contributed by atoms with van der Waals surface area (Å²) < 4.78 is 0. The van der Waals surface area contributed by atoms with Gasteiger partial charge >= 0.3 is 6.03 Å². The summed E-state index contributed by atoms with van der Waals surface area (Å²) in [4.78, 5) is 27.8. The normalized spacial score (nSPS) is 13.7. The summed E-state index contributed by atoms with van der Waals surface area (Å²) in [6, 6.07) is 9.32. The minimum atomic E-state index is -0.357. The second kappa shape index (κ2) is 11.4. The number of hydrogen-bond donors (Lipinski definition) is 5. The molecule has 0 aliphatic carbocycles. The Morgan fingerprint density at radius 2 is 1.91 bits per heavy atom. The van der Waals surface area contributed by atoms with E-state index in [4.69, 9.17) is 5.73 Å². The number of aromatic nitrogens is 3. The largest absolute Gasteiger partial charge is 0.397 e. The van der Waals surface area contributed by atoms with Crippen LogP contribution < -0.4 is 27.0 Å². The summed E-state index contributed by atoms with van der Waals surface area (Å²) in [5.41, 5.74) is 11.0. The summed E-state index contributed by atoms with van der Waals surface area (Å²) in [6.07, 6.45) is 5.21. The van der Waals surface area contributed by atoms with Crippen molar-refractivity contribution in [3.05, 3.63) is 67.0 Å². The fourth-order valence-corrected chi connectivity index (χ4v) is 3.90. The minimum absolute atomic E-state index is 0.284. The van der Waals surface area contributed by atoms with E-state index < -0.39 is 0 Å². The molecule has 2 amide bonds. The molecule has 0 radical (unpaired) electrons. The van der Waals surface area contributed by atoms with Crippen LogP contribution in [0.15, 0.2) is 61.3 Å². The zero-order chi connectivity index (χ0) is 24.6. The zero-order valence-corrected chi connectivity index (χ0v) is 19.8. The highest BCUT2D eigenvalue weighted by molar-refractivity contribution is 5.90. The van der Waals surface area contributed by atoms with Crippen LogP contribution in [0.2, 0.25) is 0 Å². The van der Waals surface area contributed by atoms with Crippen LogP contribution in [-0.2, 0) is 6.54 Å². The Morgan fingerprint density at radius 3 is 2.60 bits per heavy atom. The van der Waals surface area contributed by atoms with Crippen LogP contribution in [-0.4, -0.2) is 58.6 Å². The van der Waals surface area contributed by atoms with Crippen molar-refractivity contribution in [2.24, 2.45) is 0 Å². The predicted molar refractivity (Wildman–Crippen MR) is 138 cm³/mol. The van der Waals surface area contributed by atoms with Crippen molar-refractivity contribution >= 4 is 17.4 Å². The summed E-state index contributed by atoms with van der Waals surface area (Å²) >= 11 is 0. The third-order valence-corrected chi connectivity index (χ3v) is 5.61. The average molecular weight is 474 g/mol. The Bertz CT molecular complexity index is 1160. The lowest BCUT2D eigenvalue weighted by atomic mass is 10.0. The first-order chi connectivity index (χ1) is 17.0. The second-order valence-electron chi connectivity index (χ2n) is 8.21. The van der Waals surface area contributed by atoms with E-state index in [0.29, 0.717) is 29.3 Å². The molecule has 0 saturated carbocycles. The molecule has 4 rings (SSSR count). The van der Waals surface area contributed by atoms with Gasteiger partial charge in [-0.1, -0.05) is 12.6 Å². The van der Waals surface area contributed by atoms with Crippen LogP contribution in [0, 0.1) is 0 Å². The third-order valence-electron chi connectivity index (χ3n) is 5.61. The highest BCUT2D eigenvalue weighted by Gasteiger charge is 2.16. The highest BCUT2D eigenvalue weighted by Crippen LogP contribution is 2.36. The summed E-state index contributed by atoms with van der Waals surface area (Å²) in [5.74, 6) is 0.782. The van der Waals surface area contributed by atoms with Gasteiger partial charge in [-0.25, -0.2) is 14.8 Å². The zero-order valence-electron chi connectivity index (χ0n) is 19.8. The molecular formula is C25H31N9O. The van der Waals surface area contributed by atoms with Gasteiger partial charge in [-0.05, 0) is 36.8 Å². The monoisotopic (exact) mass is 473 g/mol. The van der Waals surface area contributed by atoms with Crippen LogP contribution in [0.5, 0.6) is 0 Å². The van der Waals surface area contributed by atoms with Crippen molar-refractivity contribution in [1.29, 1.82) is 0 Å². The smallest absolute Gasteiger partial charge is 0.320 e. The number of carbonyl (C=O) groups is 1. The van der Waals surface area contributed by atoms with Gasteiger partial charge in [0.15, 0.2) is 5.82 Å². The Morgan fingerprint density at radius 1 is 1.14 bits per heavy atom. The quantitative estimate of drug-likeness (QED) is 0.315. The van der Waals surface area contributed by atoms with Gasteiger partial charge in [-0.15, -0.1) is 0 Å². The van der Waals surface area contributed by atoms with E-state index in [9.17, 15) is 4.79 Å². The summed E-state index contributed by atoms with van der Waals surface area (Å²) in [5, 5.41) is 11.8. The second-order valence-corrected chi connectivity index (χ2v) is 8.21. The molecule has 3 heterocycles. The number of rotatable bonds is 8. The first-order valence-electron chi connectivity index (χ1n) is 11.6. The molecule has 10 nitrogen and oxygen atoms in total. The number of amides is 2. The number of nitrogens with two attached hydrogens (primary N) is 1. The first-order valence-corrected chi connectivity index (χ1v) is 11.6. The standard InChI is InChI=1S/C25H31N9O/c1-3-28-25(35)33-17(2)32-23-21(24-29-7-4-8-30-24)13-19(14-22(23)26)18-5-6-20(31-15-18)16-34-11-9-27-10-12-34/h4-8,13-15,27,32H,2-3,9-12,16,26H2,1H3,(H2,28,33,35).